The molecule has 0 aromatic rings. The molecule has 0 aliphatic carbocycles. The van der Waals surface area contributed by atoms with Crippen molar-refractivity contribution in [3.8, 4) is 0 Å². The Balaban J connectivity index is 2.29. The SMILES string of the molecule is CCC(CC)C(C)N1C(=O)C2CCCCN2C(=O)C1CC. The molecule has 2 amide bonds. The van der Waals surface area contributed by atoms with Crippen LogP contribution >= 0.6 is 0 Å². The molecule has 0 bridgehead atoms. The average Bonchev–Trinajstić information content (AvgIpc) is 2.51. The van der Waals surface area contributed by atoms with Crippen LogP contribution in [0.4, 0.5) is 0 Å². The van der Waals surface area contributed by atoms with E-state index in [-0.39, 0.29) is 29.9 Å². The molecule has 21 heavy (non-hydrogen) atoms. The lowest BCUT2D eigenvalue weighted by atomic mass is 9.88. The third-order valence-corrected chi connectivity index (χ3v) is 5.50. The van der Waals surface area contributed by atoms with E-state index in [1.165, 1.54) is 0 Å². The van der Waals surface area contributed by atoms with Gasteiger partial charge in [-0.05, 0) is 38.5 Å². The maximum Gasteiger partial charge on any atom is 0.246 e. The summed E-state index contributed by atoms with van der Waals surface area (Å²) in [6.45, 7) is 9.26. The number of hydrogen-bond acceptors (Lipinski definition) is 2. The van der Waals surface area contributed by atoms with Crippen LogP contribution in [0, 0.1) is 5.92 Å². The van der Waals surface area contributed by atoms with Gasteiger partial charge in [0.15, 0.2) is 0 Å². The number of fused-ring (bicyclic) bond motifs is 1. The van der Waals surface area contributed by atoms with Crippen molar-refractivity contribution in [2.45, 2.75) is 84.3 Å². The Bertz CT molecular complexity index is 392. The van der Waals surface area contributed by atoms with Gasteiger partial charge in [-0.25, -0.2) is 0 Å². The second kappa shape index (κ2) is 6.80. The van der Waals surface area contributed by atoms with Gasteiger partial charge in [0, 0.05) is 12.6 Å². The summed E-state index contributed by atoms with van der Waals surface area (Å²) < 4.78 is 0. The molecule has 0 aromatic heterocycles. The smallest absolute Gasteiger partial charge is 0.246 e. The molecule has 2 fully saturated rings. The van der Waals surface area contributed by atoms with E-state index in [1.54, 1.807) is 0 Å². The van der Waals surface area contributed by atoms with Crippen molar-refractivity contribution < 1.29 is 9.59 Å². The van der Waals surface area contributed by atoms with E-state index in [0.29, 0.717) is 5.92 Å². The number of hydrogen-bond donors (Lipinski definition) is 0. The van der Waals surface area contributed by atoms with Crippen LogP contribution in [0.1, 0.15) is 66.2 Å². The molecule has 2 heterocycles. The van der Waals surface area contributed by atoms with Crippen LogP contribution in [0.25, 0.3) is 0 Å². The quantitative estimate of drug-likeness (QED) is 0.782. The molecule has 3 unspecified atom stereocenters. The predicted molar refractivity (Wildman–Crippen MR) is 83.8 cm³/mol. The number of nitrogens with zero attached hydrogens (tertiary/aromatic N) is 2. The molecule has 4 nitrogen and oxygen atoms in total. The maximum atomic E-state index is 13.0. The van der Waals surface area contributed by atoms with Crippen LogP contribution < -0.4 is 0 Å². The van der Waals surface area contributed by atoms with Crippen molar-refractivity contribution in [2.24, 2.45) is 5.92 Å². The normalized spacial score (nSPS) is 28.0. The lowest BCUT2D eigenvalue weighted by Gasteiger charge is -2.50. The molecule has 0 N–H and O–H groups in total. The zero-order chi connectivity index (χ0) is 15.6. The Kier molecular flexibility index (Phi) is 5.28. The first-order valence-corrected chi connectivity index (χ1v) is 8.69. The number of carbonyl (C=O) groups excluding carboxylic acids is 2. The first kappa shape index (κ1) is 16.3. The summed E-state index contributed by atoms with van der Waals surface area (Å²) >= 11 is 0. The highest BCUT2D eigenvalue weighted by Gasteiger charge is 2.47. The lowest BCUT2D eigenvalue weighted by Crippen LogP contribution is -2.68. The molecule has 120 valence electrons. The average molecular weight is 294 g/mol. The van der Waals surface area contributed by atoms with E-state index in [1.807, 2.05) is 16.7 Å². The monoisotopic (exact) mass is 294 g/mol. The standard InChI is InChI=1S/C17H30N2O2/c1-5-13(6-2)12(4)19-14(7-3)16(20)18-11-9-8-10-15(18)17(19)21/h12-15H,5-11H2,1-4H3. The Morgan fingerprint density at radius 3 is 2.33 bits per heavy atom. The van der Waals surface area contributed by atoms with Crippen LogP contribution in [0.3, 0.4) is 0 Å². The molecule has 4 heteroatoms. The van der Waals surface area contributed by atoms with E-state index in [4.69, 9.17) is 0 Å². The Labute approximate surface area is 128 Å². The molecule has 0 radical (unpaired) electrons. The summed E-state index contributed by atoms with van der Waals surface area (Å²) in [7, 11) is 0. The first-order valence-electron chi connectivity index (χ1n) is 8.69. The number of piperidine rings is 1. The van der Waals surface area contributed by atoms with Crippen LogP contribution in [0.2, 0.25) is 0 Å². The third-order valence-electron chi connectivity index (χ3n) is 5.50. The summed E-state index contributed by atoms with van der Waals surface area (Å²) in [4.78, 5) is 29.6. The molecule has 2 aliphatic heterocycles. The summed E-state index contributed by atoms with van der Waals surface area (Å²) in [5, 5.41) is 0. The highest BCUT2D eigenvalue weighted by Crippen LogP contribution is 2.31. The van der Waals surface area contributed by atoms with Gasteiger partial charge in [-0.15, -0.1) is 0 Å². The fourth-order valence-electron chi connectivity index (χ4n) is 4.14. The molecule has 2 aliphatic rings. The number of amides is 2. The van der Waals surface area contributed by atoms with Gasteiger partial charge >= 0.3 is 0 Å². The highest BCUT2D eigenvalue weighted by atomic mass is 16.2. The third kappa shape index (κ3) is 2.82. The van der Waals surface area contributed by atoms with Crippen molar-refractivity contribution in [2.75, 3.05) is 6.54 Å². The Morgan fingerprint density at radius 1 is 1.10 bits per heavy atom. The van der Waals surface area contributed by atoms with Gasteiger partial charge in [-0.1, -0.05) is 33.6 Å². The van der Waals surface area contributed by atoms with Gasteiger partial charge in [0.25, 0.3) is 0 Å². The van der Waals surface area contributed by atoms with E-state index in [0.717, 1.165) is 45.1 Å². The fraction of sp³-hybridized carbons (Fsp3) is 0.882. The van der Waals surface area contributed by atoms with Crippen molar-refractivity contribution >= 4 is 11.8 Å². The van der Waals surface area contributed by atoms with Crippen molar-refractivity contribution in [3.63, 3.8) is 0 Å². The van der Waals surface area contributed by atoms with E-state index in [9.17, 15) is 9.59 Å². The highest BCUT2D eigenvalue weighted by molar-refractivity contribution is 5.97. The number of carbonyl (C=O) groups is 2. The molecular weight excluding hydrogens is 264 g/mol. The molecule has 2 rings (SSSR count). The molecule has 3 atom stereocenters. The number of rotatable bonds is 5. The van der Waals surface area contributed by atoms with Gasteiger partial charge in [-0.2, -0.15) is 0 Å². The largest absolute Gasteiger partial charge is 0.329 e. The molecular formula is C17H30N2O2. The van der Waals surface area contributed by atoms with E-state index >= 15 is 0 Å². The second-order valence-electron chi connectivity index (χ2n) is 6.53. The van der Waals surface area contributed by atoms with Gasteiger partial charge < -0.3 is 9.80 Å². The second-order valence-corrected chi connectivity index (χ2v) is 6.53. The van der Waals surface area contributed by atoms with Gasteiger partial charge in [0.05, 0.1) is 0 Å². The lowest BCUT2D eigenvalue weighted by molar-refractivity contribution is -0.167. The summed E-state index contributed by atoms with van der Waals surface area (Å²) in [5.74, 6) is 0.853. The minimum Gasteiger partial charge on any atom is -0.329 e. The van der Waals surface area contributed by atoms with Gasteiger partial charge in [0.2, 0.25) is 11.8 Å². The maximum absolute atomic E-state index is 13.0. The van der Waals surface area contributed by atoms with Crippen LogP contribution in [-0.4, -0.2) is 46.3 Å². The fourth-order valence-corrected chi connectivity index (χ4v) is 4.14. The van der Waals surface area contributed by atoms with Gasteiger partial charge in [-0.3, -0.25) is 9.59 Å². The van der Waals surface area contributed by atoms with Gasteiger partial charge in [0.1, 0.15) is 12.1 Å². The van der Waals surface area contributed by atoms with Crippen LogP contribution in [0.15, 0.2) is 0 Å². The van der Waals surface area contributed by atoms with Crippen molar-refractivity contribution in [1.82, 2.24) is 9.80 Å². The summed E-state index contributed by atoms with van der Waals surface area (Å²) in [6.07, 6.45) is 5.77. The zero-order valence-electron chi connectivity index (χ0n) is 14.0. The molecule has 0 saturated carbocycles. The minimum atomic E-state index is -0.248. The summed E-state index contributed by atoms with van der Waals surface area (Å²) in [5.41, 5.74) is 0. The zero-order valence-corrected chi connectivity index (χ0v) is 14.0. The van der Waals surface area contributed by atoms with Crippen molar-refractivity contribution in [1.29, 1.82) is 0 Å². The summed E-state index contributed by atoms with van der Waals surface area (Å²) in [6, 6.07) is -0.279. The van der Waals surface area contributed by atoms with Crippen molar-refractivity contribution in [3.05, 3.63) is 0 Å². The Morgan fingerprint density at radius 2 is 1.76 bits per heavy atom. The first-order chi connectivity index (χ1) is 10.1. The van der Waals surface area contributed by atoms with Crippen LogP contribution in [-0.2, 0) is 9.59 Å². The van der Waals surface area contributed by atoms with E-state index in [2.05, 4.69) is 20.8 Å². The molecule has 2 saturated heterocycles. The number of piperazine rings is 1. The minimum absolute atomic E-state index is 0.158. The predicted octanol–water partition coefficient (Wildman–Crippen LogP) is 2.81. The van der Waals surface area contributed by atoms with E-state index < -0.39 is 0 Å². The topological polar surface area (TPSA) is 40.6 Å². The molecule has 0 aromatic carbocycles. The molecule has 0 spiro atoms. The Hall–Kier alpha value is -1.06. The van der Waals surface area contributed by atoms with Crippen LogP contribution in [0.5, 0.6) is 0 Å².